The number of carbonyl (C=O) groups is 1. The molecule has 3 aliphatic heterocycles. The Balaban J connectivity index is 0.850. The summed E-state index contributed by atoms with van der Waals surface area (Å²) in [7, 11) is 1.32. The molecule has 2 aromatic rings. The number of hydrogen-bond donors (Lipinski definition) is 1. The Bertz CT molecular complexity index is 1150. The van der Waals surface area contributed by atoms with Crippen molar-refractivity contribution in [1.29, 1.82) is 0 Å². The molecule has 2 spiro atoms. The predicted molar refractivity (Wildman–Crippen MR) is 119 cm³/mol. The first-order chi connectivity index (χ1) is 16.6. The fourth-order valence-corrected chi connectivity index (χ4v) is 6.92. The zero-order valence-electron chi connectivity index (χ0n) is 19.8. The van der Waals surface area contributed by atoms with Crippen LogP contribution in [0.4, 0.5) is 18.0 Å². The van der Waals surface area contributed by atoms with Gasteiger partial charge in [0.05, 0.1) is 11.4 Å². The Morgan fingerprint density at radius 3 is 2.29 bits per heavy atom. The number of nitrogens with zero attached hydrogens (tertiary/aromatic N) is 6. The number of carbonyl (C=O) groups excluding carboxylic acids is 1. The zero-order valence-corrected chi connectivity index (χ0v) is 19.8. The smallest absolute Gasteiger partial charge is 0.323 e. The maximum absolute atomic E-state index is 13.0. The molecular formula is C24H30F3N7O. The number of H-pyrrole nitrogens is 1. The minimum absolute atomic E-state index is 0.0985. The van der Waals surface area contributed by atoms with E-state index >= 15 is 0 Å². The highest BCUT2D eigenvalue weighted by atomic mass is 19.4. The molecule has 0 aromatic carbocycles. The molecule has 0 bridgehead atoms. The van der Waals surface area contributed by atoms with E-state index in [1.807, 2.05) is 9.80 Å². The van der Waals surface area contributed by atoms with Gasteiger partial charge in [0.1, 0.15) is 5.69 Å². The van der Waals surface area contributed by atoms with Crippen LogP contribution >= 0.6 is 0 Å². The molecule has 0 unspecified atom stereocenters. The lowest BCUT2D eigenvalue weighted by Gasteiger charge is -2.63. The number of rotatable bonds is 4. The van der Waals surface area contributed by atoms with Crippen molar-refractivity contribution >= 4 is 6.03 Å². The summed E-state index contributed by atoms with van der Waals surface area (Å²) in [6, 6.07) is 3.52. The molecule has 5 aliphatic rings. The van der Waals surface area contributed by atoms with Crippen molar-refractivity contribution in [1.82, 2.24) is 34.7 Å². The first kappa shape index (κ1) is 21.7. The number of amides is 2. The molecule has 1 N–H and O–H groups in total. The van der Waals surface area contributed by atoms with Crippen molar-refractivity contribution in [3.05, 3.63) is 34.9 Å². The van der Waals surface area contributed by atoms with E-state index in [2.05, 4.69) is 26.3 Å². The van der Waals surface area contributed by atoms with Gasteiger partial charge in [0, 0.05) is 81.2 Å². The molecule has 2 aliphatic carbocycles. The van der Waals surface area contributed by atoms with Crippen molar-refractivity contribution in [2.75, 3.05) is 39.3 Å². The van der Waals surface area contributed by atoms with Gasteiger partial charge in [-0.05, 0) is 37.8 Å². The zero-order chi connectivity index (χ0) is 24.2. The molecule has 5 fully saturated rings. The van der Waals surface area contributed by atoms with Gasteiger partial charge in [-0.15, -0.1) is 0 Å². The van der Waals surface area contributed by atoms with Crippen LogP contribution in [0.5, 0.6) is 0 Å². The maximum atomic E-state index is 13.0. The van der Waals surface area contributed by atoms with Crippen LogP contribution in [-0.4, -0.2) is 80.0 Å². The molecule has 0 radical (unpaired) electrons. The van der Waals surface area contributed by atoms with Crippen LogP contribution in [-0.2, 0) is 19.8 Å². The summed E-state index contributed by atoms with van der Waals surface area (Å²) in [4.78, 5) is 18.9. The Kier molecular flexibility index (Phi) is 4.35. The first-order valence-corrected chi connectivity index (χ1v) is 12.5. The highest BCUT2D eigenvalue weighted by Gasteiger charge is 2.58. The SMILES string of the molecule is Cn1nc(CN2CC3(C2)CN(C(=O)N2CC4(CC(c5cc(C6CC6)n[nH]5)C4)C2)C3)cc1C(F)(F)F. The molecule has 35 heavy (non-hydrogen) atoms. The monoisotopic (exact) mass is 489 g/mol. The molecule has 2 aromatic heterocycles. The molecule has 8 nitrogen and oxygen atoms in total. The van der Waals surface area contributed by atoms with Crippen LogP contribution < -0.4 is 0 Å². The van der Waals surface area contributed by atoms with Gasteiger partial charge < -0.3 is 9.80 Å². The van der Waals surface area contributed by atoms with Gasteiger partial charge in [-0.25, -0.2) is 4.79 Å². The van der Waals surface area contributed by atoms with Gasteiger partial charge in [-0.1, -0.05) is 0 Å². The standard InChI is InChI=1S/C24H30F3N7O/c1-31-20(24(25,26)27)4-17(30-31)8-32-9-23(10-32)13-34(14-23)21(35)33-11-22(12-33)6-16(7-22)19-5-18(28-29-19)15-2-3-15/h4-5,15-16H,2-3,6-14H2,1H3,(H,28,29). The molecule has 188 valence electrons. The lowest BCUT2D eigenvalue weighted by Crippen LogP contribution is -2.75. The third kappa shape index (κ3) is 3.56. The molecule has 2 amide bonds. The van der Waals surface area contributed by atoms with Crippen molar-refractivity contribution in [2.24, 2.45) is 17.9 Å². The number of aromatic amines is 1. The second kappa shape index (κ2) is 7.02. The lowest BCUT2D eigenvalue weighted by molar-refractivity contribution is -0.143. The van der Waals surface area contributed by atoms with E-state index < -0.39 is 11.9 Å². The summed E-state index contributed by atoms with van der Waals surface area (Å²) in [5.74, 6) is 1.22. The molecular weight excluding hydrogens is 459 g/mol. The highest BCUT2D eigenvalue weighted by Crippen LogP contribution is 2.56. The quantitative estimate of drug-likeness (QED) is 0.716. The van der Waals surface area contributed by atoms with Gasteiger partial charge in [-0.3, -0.25) is 14.7 Å². The van der Waals surface area contributed by atoms with Gasteiger partial charge in [0.15, 0.2) is 0 Å². The van der Waals surface area contributed by atoms with Gasteiger partial charge >= 0.3 is 12.2 Å². The molecule has 11 heteroatoms. The maximum Gasteiger partial charge on any atom is 0.433 e. The normalized spacial score (nSPS) is 25.4. The highest BCUT2D eigenvalue weighted by molar-refractivity contribution is 5.77. The van der Waals surface area contributed by atoms with E-state index in [1.165, 1.54) is 31.3 Å². The van der Waals surface area contributed by atoms with E-state index in [9.17, 15) is 18.0 Å². The van der Waals surface area contributed by atoms with Crippen molar-refractivity contribution < 1.29 is 18.0 Å². The van der Waals surface area contributed by atoms with E-state index in [1.54, 1.807) is 0 Å². The summed E-state index contributed by atoms with van der Waals surface area (Å²) in [6.07, 6.45) is 0.397. The molecule has 7 rings (SSSR count). The lowest BCUT2D eigenvalue weighted by atomic mass is 9.57. The average Bonchev–Trinajstić information content (AvgIpc) is 3.28. The van der Waals surface area contributed by atoms with Crippen molar-refractivity contribution in [2.45, 2.75) is 50.2 Å². The molecule has 2 saturated carbocycles. The van der Waals surface area contributed by atoms with Gasteiger partial charge in [-0.2, -0.15) is 23.4 Å². The Morgan fingerprint density at radius 2 is 1.69 bits per heavy atom. The van der Waals surface area contributed by atoms with E-state index in [-0.39, 0.29) is 11.4 Å². The van der Waals surface area contributed by atoms with E-state index in [4.69, 9.17) is 0 Å². The Hall–Kier alpha value is -2.56. The number of urea groups is 1. The first-order valence-electron chi connectivity index (χ1n) is 12.5. The van der Waals surface area contributed by atoms with Crippen LogP contribution in [0.15, 0.2) is 12.1 Å². The van der Waals surface area contributed by atoms with Gasteiger partial charge in [0.2, 0.25) is 0 Å². The summed E-state index contributed by atoms with van der Waals surface area (Å²) in [5.41, 5.74) is 2.59. The molecule has 3 saturated heterocycles. The largest absolute Gasteiger partial charge is 0.433 e. The minimum Gasteiger partial charge on any atom is -0.323 e. The summed E-state index contributed by atoms with van der Waals surface area (Å²) in [5, 5.41) is 11.7. The summed E-state index contributed by atoms with van der Waals surface area (Å²) < 4.78 is 39.8. The number of alkyl halides is 3. The van der Waals surface area contributed by atoms with E-state index in [0.717, 1.165) is 62.9 Å². The second-order valence-electron chi connectivity index (χ2n) is 11.9. The van der Waals surface area contributed by atoms with Crippen molar-refractivity contribution in [3.63, 3.8) is 0 Å². The fraction of sp³-hybridized carbons (Fsp3) is 0.708. The molecule has 5 heterocycles. The summed E-state index contributed by atoms with van der Waals surface area (Å²) >= 11 is 0. The number of aromatic nitrogens is 4. The van der Waals surface area contributed by atoms with Crippen LogP contribution in [0.1, 0.15) is 60.3 Å². The van der Waals surface area contributed by atoms with Crippen LogP contribution in [0, 0.1) is 10.8 Å². The van der Waals surface area contributed by atoms with Crippen LogP contribution in [0.25, 0.3) is 0 Å². The number of halogens is 3. The third-order valence-corrected chi connectivity index (χ3v) is 8.78. The average molecular weight is 490 g/mol. The summed E-state index contributed by atoms with van der Waals surface area (Å²) in [6.45, 7) is 5.19. The fourth-order valence-electron chi connectivity index (χ4n) is 6.92. The number of hydrogen-bond acceptors (Lipinski definition) is 4. The topological polar surface area (TPSA) is 73.3 Å². The second-order valence-corrected chi connectivity index (χ2v) is 11.9. The van der Waals surface area contributed by atoms with Crippen molar-refractivity contribution in [3.8, 4) is 0 Å². The number of likely N-dealkylation sites (tertiary alicyclic amines) is 3. The Morgan fingerprint density at radius 1 is 1.03 bits per heavy atom. The Labute approximate surface area is 201 Å². The van der Waals surface area contributed by atoms with E-state index in [0.29, 0.717) is 29.5 Å². The van der Waals surface area contributed by atoms with Gasteiger partial charge in [0.25, 0.3) is 0 Å². The number of nitrogens with one attached hydrogen (secondary N) is 1. The number of aryl methyl sites for hydroxylation is 1. The molecule has 0 atom stereocenters. The predicted octanol–water partition coefficient (Wildman–Crippen LogP) is 3.16. The minimum atomic E-state index is -4.39. The van der Waals surface area contributed by atoms with Crippen LogP contribution in [0.2, 0.25) is 0 Å². The third-order valence-electron chi connectivity index (χ3n) is 8.78. The van der Waals surface area contributed by atoms with Crippen LogP contribution in [0.3, 0.4) is 0 Å².